The summed E-state index contributed by atoms with van der Waals surface area (Å²) in [4.78, 5) is 15.0. The number of hydrogen-bond acceptors (Lipinski definition) is 2. The molecule has 0 bridgehead atoms. The molecule has 2 fully saturated rings. The van der Waals surface area contributed by atoms with Gasteiger partial charge in [0.15, 0.2) is 0 Å². The number of carbonyl (C=O) groups excluding carboxylic acids is 1. The molecule has 0 spiro atoms. The van der Waals surface area contributed by atoms with Gasteiger partial charge in [-0.2, -0.15) is 0 Å². The summed E-state index contributed by atoms with van der Waals surface area (Å²) in [6.07, 6.45) is 10.9. The van der Waals surface area contributed by atoms with E-state index in [1.807, 2.05) is 0 Å². The van der Waals surface area contributed by atoms with Crippen molar-refractivity contribution >= 4 is 18.3 Å². The van der Waals surface area contributed by atoms with Crippen LogP contribution in [0.5, 0.6) is 0 Å². The highest BCUT2D eigenvalue weighted by molar-refractivity contribution is 5.85. The molecule has 1 unspecified atom stereocenters. The van der Waals surface area contributed by atoms with Crippen LogP contribution in [0.3, 0.4) is 0 Å². The van der Waals surface area contributed by atoms with Gasteiger partial charge in [0.25, 0.3) is 0 Å². The van der Waals surface area contributed by atoms with E-state index in [1.165, 1.54) is 32.1 Å². The molecular formula is C18H35ClN2O. The van der Waals surface area contributed by atoms with Crippen molar-refractivity contribution in [3.63, 3.8) is 0 Å². The first kappa shape index (κ1) is 19.8. The van der Waals surface area contributed by atoms with Crippen LogP contribution in [-0.2, 0) is 4.79 Å². The molecule has 0 aromatic rings. The first-order valence-electron chi connectivity index (χ1n) is 9.22. The van der Waals surface area contributed by atoms with E-state index in [-0.39, 0.29) is 12.4 Å². The van der Waals surface area contributed by atoms with E-state index >= 15 is 0 Å². The van der Waals surface area contributed by atoms with Crippen molar-refractivity contribution in [1.82, 2.24) is 10.2 Å². The van der Waals surface area contributed by atoms with Crippen LogP contribution in [-0.4, -0.2) is 36.5 Å². The third-order valence-corrected chi connectivity index (χ3v) is 5.49. The standard InChI is InChI=1S/C18H34N2O.ClH/c1-3-13-20(17-9-11-19-12-10-17)18(21)14-15(2)16-7-5-4-6-8-16;/h15-17,19H,3-14H2,1-2H3;1H. The van der Waals surface area contributed by atoms with E-state index in [2.05, 4.69) is 24.1 Å². The zero-order valence-electron chi connectivity index (χ0n) is 14.5. The first-order chi connectivity index (χ1) is 10.2. The number of halogens is 1. The van der Waals surface area contributed by atoms with E-state index in [1.54, 1.807) is 0 Å². The quantitative estimate of drug-likeness (QED) is 0.798. The highest BCUT2D eigenvalue weighted by Crippen LogP contribution is 2.32. The van der Waals surface area contributed by atoms with Gasteiger partial charge < -0.3 is 10.2 Å². The molecule has 1 N–H and O–H groups in total. The van der Waals surface area contributed by atoms with Gasteiger partial charge in [0.05, 0.1) is 0 Å². The minimum absolute atomic E-state index is 0. The van der Waals surface area contributed by atoms with Gasteiger partial charge in [-0.1, -0.05) is 46.0 Å². The number of piperidine rings is 1. The van der Waals surface area contributed by atoms with Crippen LogP contribution in [0.4, 0.5) is 0 Å². The van der Waals surface area contributed by atoms with Gasteiger partial charge in [0.2, 0.25) is 5.91 Å². The Morgan fingerprint density at radius 2 is 1.77 bits per heavy atom. The Labute approximate surface area is 143 Å². The zero-order valence-corrected chi connectivity index (χ0v) is 15.3. The summed E-state index contributed by atoms with van der Waals surface area (Å²) in [5.41, 5.74) is 0. The van der Waals surface area contributed by atoms with Crippen LogP contribution < -0.4 is 5.32 Å². The molecule has 1 heterocycles. The minimum atomic E-state index is 0. The van der Waals surface area contributed by atoms with Crippen LogP contribution in [0.25, 0.3) is 0 Å². The molecule has 3 nitrogen and oxygen atoms in total. The van der Waals surface area contributed by atoms with E-state index in [0.717, 1.165) is 51.2 Å². The molecule has 2 aliphatic rings. The summed E-state index contributed by atoms with van der Waals surface area (Å²) in [6.45, 7) is 7.57. The van der Waals surface area contributed by atoms with Crippen LogP contribution >= 0.6 is 12.4 Å². The molecule has 4 heteroatoms. The van der Waals surface area contributed by atoms with E-state index in [9.17, 15) is 4.79 Å². The second-order valence-corrected chi connectivity index (χ2v) is 7.15. The number of carbonyl (C=O) groups is 1. The summed E-state index contributed by atoms with van der Waals surface area (Å²) >= 11 is 0. The Hall–Kier alpha value is -0.280. The maximum absolute atomic E-state index is 12.8. The lowest BCUT2D eigenvalue weighted by molar-refractivity contribution is -0.135. The van der Waals surface area contributed by atoms with E-state index in [4.69, 9.17) is 0 Å². The predicted octanol–water partition coefficient (Wildman–Crippen LogP) is 4.01. The lowest BCUT2D eigenvalue weighted by Crippen LogP contribution is -2.47. The fourth-order valence-electron chi connectivity index (χ4n) is 4.13. The van der Waals surface area contributed by atoms with Gasteiger partial charge >= 0.3 is 0 Å². The van der Waals surface area contributed by atoms with Crippen molar-refractivity contribution in [3.8, 4) is 0 Å². The second kappa shape index (κ2) is 10.5. The highest BCUT2D eigenvalue weighted by atomic mass is 35.5. The predicted molar refractivity (Wildman–Crippen MR) is 95.5 cm³/mol. The summed E-state index contributed by atoms with van der Waals surface area (Å²) < 4.78 is 0. The molecule has 0 aromatic carbocycles. The van der Waals surface area contributed by atoms with Crippen LogP contribution in [0.1, 0.15) is 71.6 Å². The molecule has 1 saturated heterocycles. The third kappa shape index (κ3) is 5.73. The van der Waals surface area contributed by atoms with Gasteiger partial charge in [-0.05, 0) is 44.2 Å². The molecule has 2 rings (SSSR count). The number of amides is 1. The number of nitrogens with one attached hydrogen (secondary N) is 1. The molecule has 1 atom stereocenters. The molecular weight excluding hydrogens is 296 g/mol. The van der Waals surface area contributed by atoms with E-state index < -0.39 is 0 Å². The molecule has 0 radical (unpaired) electrons. The first-order valence-corrected chi connectivity index (χ1v) is 9.22. The fraction of sp³-hybridized carbons (Fsp3) is 0.944. The molecule has 1 saturated carbocycles. The van der Waals surface area contributed by atoms with Crippen LogP contribution in [0.15, 0.2) is 0 Å². The maximum atomic E-state index is 12.8. The molecule has 1 aliphatic heterocycles. The summed E-state index contributed by atoms with van der Waals surface area (Å²) in [5, 5.41) is 3.41. The average Bonchev–Trinajstić information content (AvgIpc) is 2.54. The Morgan fingerprint density at radius 3 is 2.36 bits per heavy atom. The van der Waals surface area contributed by atoms with Crippen LogP contribution in [0, 0.1) is 11.8 Å². The average molecular weight is 331 g/mol. The largest absolute Gasteiger partial charge is 0.340 e. The Bertz CT molecular complexity index is 312. The number of rotatable bonds is 6. The minimum Gasteiger partial charge on any atom is -0.340 e. The smallest absolute Gasteiger partial charge is 0.223 e. The second-order valence-electron chi connectivity index (χ2n) is 7.15. The zero-order chi connectivity index (χ0) is 15.1. The van der Waals surface area contributed by atoms with Gasteiger partial charge in [0.1, 0.15) is 0 Å². The highest BCUT2D eigenvalue weighted by Gasteiger charge is 2.28. The van der Waals surface area contributed by atoms with Gasteiger partial charge in [-0.15, -0.1) is 12.4 Å². The van der Waals surface area contributed by atoms with Crippen molar-refractivity contribution in [2.75, 3.05) is 19.6 Å². The van der Waals surface area contributed by atoms with Gasteiger partial charge in [0, 0.05) is 19.0 Å². The topological polar surface area (TPSA) is 32.3 Å². The van der Waals surface area contributed by atoms with Gasteiger partial charge in [-0.3, -0.25) is 4.79 Å². The molecule has 1 amide bonds. The number of nitrogens with zero attached hydrogens (tertiary/aromatic N) is 1. The van der Waals surface area contributed by atoms with Gasteiger partial charge in [-0.25, -0.2) is 0 Å². The normalized spacial score (nSPS) is 21.9. The lowest BCUT2D eigenvalue weighted by Gasteiger charge is -2.36. The molecule has 22 heavy (non-hydrogen) atoms. The molecule has 0 aromatic heterocycles. The lowest BCUT2D eigenvalue weighted by atomic mass is 9.79. The Kier molecular flexibility index (Phi) is 9.42. The molecule has 1 aliphatic carbocycles. The monoisotopic (exact) mass is 330 g/mol. The maximum Gasteiger partial charge on any atom is 0.223 e. The Morgan fingerprint density at radius 1 is 1.14 bits per heavy atom. The van der Waals surface area contributed by atoms with Crippen molar-refractivity contribution in [1.29, 1.82) is 0 Å². The van der Waals surface area contributed by atoms with Crippen molar-refractivity contribution in [2.24, 2.45) is 11.8 Å². The van der Waals surface area contributed by atoms with Crippen molar-refractivity contribution in [2.45, 2.75) is 77.7 Å². The van der Waals surface area contributed by atoms with Crippen molar-refractivity contribution in [3.05, 3.63) is 0 Å². The van der Waals surface area contributed by atoms with Crippen LogP contribution in [0.2, 0.25) is 0 Å². The summed E-state index contributed by atoms with van der Waals surface area (Å²) in [6, 6.07) is 0.484. The third-order valence-electron chi connectivity index (χ3n) is 5.49. The number of hydrogen-bond donors (Lipinski definition) is 1. The summed E-state index contributed by atoms with van der Waals surface area (Å²) in [7, 11) is 0. The fourth-order valence-corrected chi connectivity index (χ4v) is 4.13. The van der Waals surface area contributed by atoms with Crippen molar-refractivity contribution < 1.29 is 4.79 Å². The van der Waals surface area contributed by atoms with E-state index in [0.29, 0.717) is 17.9 Å². The molecule has 130 valence electrons. The SMILES string of the molecule is CCCN(C(=O)CC(C)C1CCCCC1)C1CCNCC1.Cl. The summed E-state index contributed by atoms with van der Waals surface area (Å²) in [5.74, 6) is 1.78. The Balaban J connectivity index is 0.00000242.